The van der Waals surface area contributed by atoms with Gasteiger partial charge in [-0.25, -0.2) is 0 Å². The third kappa shape index (κ3) is 2.96. The zero-order valence-corrected chi connectivity index (χ0v) is 13.0. The monoisotopic (exact) mass is 283 g/mol. The predicted octanol–water partition coefficient (Wildman–Crippen LogP) is -0.215. The number of rotatable bonds is 2. The van der Waals surface area contributed by atoms with E-state index in [1.54, 1.807) is 16.8 Å². The van der Waals surface area contributed by atoms with Crippen LogP contribution in [0.25, 0.3) is 0 Å². The Hall–Kier alpha value is -1.14. The minimum Gasteiger partial charge on any atom is -0.373 e. The normalized spacial score (nSPS) is 28.9. The van der Waals surface area contributed by atoms with Crippen molar-refractivity contribution in [2.45, 2.75) is 38.5 Å². The minimum atomic E-state index is -0.499. The van der Waals surface area contributed by atoms with Gasteiger partial charge in [0.1, 0.15) is 12.1 Å². The highest BCUT2D eigenvalue weighted by atomic mass is 16.5. The second-order valence-electron chi connectivity index (χ2n) is 6.70. The van der Waals surface area contributed by atoms with Crippen LogP contribution in [-0.4, -0.2) is 84.5 Å². The molecule has 0 saturated carbocycles. The van der Waals surface area contributed by atoms with Crippen molar-refractivity contribution in [3.05, 3.63) is 0 Å². The molecular weight excluding hydrogens is 258 g/mol. The van der Waals surface area contributed by atoms with Crippen LogP contribution in [0.1, 0.15) is 20.8 Å². The summed E-state index contributed by atoms with van der Waals surface area (Å²) in [6.45, 7) is 8.13. The van der Waals surface area contributed by atoms with Crippen LogP contribution in [0, 0.1) is 0 Å². The molecular formula is C14H25N3O3. The summed E-state index contributed by atoms with van der Waals surface area (Å²) < 4.78 is 5.71. The van der Waals surface area contributed by atoms with Crippen LogP contribution in [0.4, 0.5) is 0 Å². The maximum atomic E-state index is 12.6. The van der Waals surface area contributed by atoms with Gasteiger partial charge in [0.25, 0.3) is 0 Å². The van der Waals surface area contributed by atoms with Crippen molar-refractivity contribution in [2.75, 3.05) is 40.3 Å². The van der Waals surface area contributed by atoms with E-state index < -0.39 is 6.04 Å². The third-order valence-corrected chi connectivity index (χ3v) is 3.93. The van der Waals surface area contributed by atoms with E-state index in [1.807, 2.05) is 27.8 Å². The Morgan fingerprint density at radius 2 is 1.80 bits per heavy atom. The molecule has 0 bridgehead atoms. The average Bonchev–Trinajstić information content (AvgIpc) is 2.34. The number of likely N-dealkylation sites (N-methyl/N-ethyl adjacent to an activating group) is 2. The van der Waals surface area contributed by atoms with E-state index in [0.717, 1.165) is 6.54 Å². The molecule has 0 N–H and O–H groups in total. The number of carbonyl (C=O) groups excluding carboxylic acids is 2. The molecule has 2 fully saturated rings. The van der Waals surface area contributed by atoms with Crippen molar-refractivity contribution >= 4 is 11.8 Å². The van der Waals surface area contributed by atoms with Gasteiger partial charge in [0.2, 0.25) is 11.8 Å². The second-order valence-corrected chi connectivity index (χ2v) is 6.70. The van der Waals surface area contributed by atoms with E-state index in [-0.39, 0.29) is 30.1 Å². The lowest BCUT2D eigenvalue weighted by molar-refractivity contribution is -0.168. The molecule has 0 aromatic rings. The van der Waals surface area contributed by atoms with Crippen LogP contribution in [0.2, 0.25) is 0 Å². The number of fused-ring (bicyclic) bond motifs is 1. The Morgan fingerprint density at radius 1 is 1.15 bits per heavy atom. The van der Waals surface area contributed by atoms with Crippen LogP contribution in [-0.2, 0) is 14.3 Å². The first-order chi connectivity index (χ1) is 9.20. The van der Waals surface area contributed by atoms with Gasteiger partial charge in [-0.3, -0.25) is 9.59 Å². The molecule has 2 saturated heterocycles. The molecule has 2 atom stereocenters. The van der Waals surface area contributed by atoms with Gasteiger partial charge < -0.3 is 19.4 Å². The first kappa shape index (κ1) is 15.3. The molecule has 6 heteroatoms. The largest absolute Gasteiger partial charge is 0.373 e. The van der Waals surface area contributed by atoms with E-state index in [2.05, 4.69) is 4.90 Å². The average molecular weight is 283 g/mol. The quantitative estimate of drug-likeness (QED) is 0.703. The van der Waals surface area contributed by atoms with E-state index in [4.69, 9.17) is 4.74 Å². The van der Waals surface area contributed by atoms with E-state index in [1.165, 1.54) is 0 Å². The fourth-order valence-electron chi connectivity index (χ4n) is 2.65. The first-order valence-corrected chi connectivity index (χ1v) is 7.10. The summed E-state index contributed by atoms with van der Waals surface area (Å²) in [6.07, 6.45) is 0. The van der Waals surface area contributed by atoms with Crippen LogP contribution < -0.4 is 0 Å². The summed E-state index contributed by atoms with van der Waals surface area (Å²) >= 11 is 0. The molecule has 114 valence electrons. The standard InChI is InChI=1S/C14H25N3O3/c1-14(2,3)20-9-11-13(19)17-7-6-15(4)8-10(17)12(18)16(11)5/h10-11H,6-9H2,1-5H3. The van der Waals surface area contributed by atoms with Crippen molar-refractivity contribution < 1.29 is 14.3 Å². The maximum Gasteiger partial charge on any atom is 0.248 e. The lowest BCUT2D eigenvalue weighted by atomic mass is 10.0. The van der Waals surface area contributed by atoms with Gasteiger partial charge >= 0.3 is 0 Å². The zero-order valence-electron chi connectivity index (χ0n) is 13.0. The third-order valence-electron chi connectivity index (χ3n) is 3.93. The Balaban J connectivity index is 2.12. The Labute approximate surface area is 120 Å². The molecule has 0 aromatic carbocycles. The summed E-state index contributed by atoms with van der Waals surface area (Å²) in [5.41, 5.74) is -0.316. The minimum absolute atomic E-state index is 0.00875. The van der Waals surface area contributed by atoms with E-state index in [0.29, 0.717) is 13.1 Å². The number of hydrogen-bond donors (Lipinski definition) is 0. The van der Waals surface area contributed by atoms with Crippen molar-refractivity contribution in [1.29, 1.82) is 0 Å². The highest BCUT2D eigenvalue weighted by molar-refractivity contribution is 5.97. The molecule has 0 aromatic heterocycles. The first-order valence-electron chi connectivity index (χ1n) is 7.10. The van der Waals surface area contributed by atoms with E-state index in [9.17, 15) is 9.59 Å². The molecule has 2 aliphatic heterocycles. The fourth-order valence-corrected chi connectivity index (χ4v) is 2.65. The van der Waals surface area contributed by atoms with Gasteiger partial charge in [-0.15, -0.1) is 0 Å². The SMILES string of the molecule is CN1CCN2C(=O)C(COC(C)(C)C)N(C)C(=O)C2C1. The van der Waals surface area contributed by atoms with Crippen LogP contribution >= 0.6 is 0 Å². The number of nitrogens with zero attached hydrogens (tertiary/aromatic N) is 3. The van der Waals surface area contributed by atoms with Gasteiger partial charge in [-0.05, 0) is 27.8 Å². The Bertz CT molecular complexity index is 405. The molecule has 6 nitrogen and oxygen atoms in total. The summed E-state index contributed by atoms with van der Waals surface area (Å²) in [6, 6.07) is -0.835. The smallest absolute Gasteiger partial charge is 0.248 e. The number of carbonyl (C=O) groups is 2. The van der Waals surface area contributed by atoms with Gasteiger partial charge in [0.05, 0.1) is 12.2 Å². The highest BCUT2D eigenvalue weighted by Crippen LogP contribution is 2.21. The van der Waals surface area contributed by atoms with Gasteiger partial charge in [-0.1, -0.05) is 0 Å². The molecule has 2 unspecified atom stereocenters. The predicted molar refractivity (Wildman–Crippen MR) is 75.3 cm³/mol. The van der Waals surface area contributed by atoms with Gasteiger partial charge in [0, 0.05) is 26.7 Å². The molecule has 2 rings (SSSR count). The Morgan fingerprint density at radius 3 is 2.40 bits per heavy atom. The maximum absolute atomic E-state index is 12.6. The number of piperazine rings is 2. The van der Waals surface area contributed by atoms with Crippen molar-refractivity contribution in [2.24, 2.45) is 0 Å². The Kier molecular flexibility index (Phi) is 4.07. The summed E-state index contributed by atoms with van der Waals surface area (Å²) in [5, 5.41) is 0. The molecule has 20 heavy (non-hydrogen) atoms. The van der Waals surface area contributed by atoms with Crippen LogP contribution in [0.3, 0.4) is 0 Å². The highest BCUT2D eigenvalue weighted by Gasteiger charge is 2.46. The van der Waals surface area contributed by atoms with Crippen LogP contribution in [0.5, 0.6) is 0 Å². The van der Waals surface area contributed by atoms with Gasteiger partial charge in [-0.2, -0.15) is 0 Å². The molecule has 2 heterocycles. The molecule has 0 aliphatic carbocycles. The second kappa shape index (κ2) is 5.33. The summed E-state index contributed by atoms with van der Waals surface area (Å²) in [5.74, 6) is 0.0214. The molecule has 2 amide bonds. The molecule has 2 aliphatic rings. The van der Waals surface area contributed by atoms with Gasteiger partial charge in [0.15, 0.2) is 0 Å². The van der Waals surface area contributed by atoms with E-state index >= 15 is 0 Å². The topological polar surface area (TPSA) is 53.1 Å². The lowest BCUT2D eigenvalue weighted by Crippen LogP contribution is -2.69. The molecule has 0 spiro atoms. The van der Waals surface area contributed by atoms with Crippen molar-refractivity contribution in [1.82, 2.24) is 14.7 Å². The van der Waals surface area contributed by atoms with Crippen molar-refractivity contribution in [3.8, 4) is 0 Å². The lowest BCUT2D eigenvalue weighted by Gasteiger charge is -2.47. The summed E-state index contributed by atoms with van der Waals surface area (Å²) in [4.78, 5) is 30.4. The summed E-state index contributed by atoms with van der Waals surface area (Å²) in [7, 11) is 3.67. The zero-order chi connectivity index (χ0) is 15.1. The fraction of sp³-hybridized carbons (Fsp3) is 0.857. The molecule has 0 radical (unpaired) electrons. The number of amides is 2. The van der Waals surface area contributed by atoms with Crippen molar-refractivity contribution in [3.63, 3.8) is 0 Å². The number of hydrogen-bond acceptors (Lipinski definition) is 4. The number of ether oxygens (including phenoxy) is 1. The van der Waals surface area contributed by atoms with Crippen LogP contribution in [0.15, 0.2) is 0 Å².